The summed E-state index contributed by atoms with van der Waals surface area (Å²) in [6.07, 6.45) is 5.79. The number of halogens is 1. The molecule has 35 heavy (non-hydrogen) atoms. The quantitative estimate of drug-likeness (QED) is 0.281. The topological polar surface area (TPSA) is 30.5 Å². The molecule has 2 aliphatic rings. The van der Waals surface area contributed by atoms with Gasteiger partial charge in [0, 0.05) is 22.0 Å². The first kappa shape index (κ1) is 22.1. The Morgan fingerprint density at radius 3 is 2.63 bits per heavy atom. The van der Waals surface area contributed by atoms with Gasteiger partial charge in [0.15, 0.2) is 11.5 Å². The van der Waals surface area contributed by atoms with E-state index in [9.17, 15) is 0 Å². The lowest BCUT2D eigenvalue weighted by molar-refractivity contribution is 0.268. The van der Waals surface area contributed by atoms with Crippen molar-refractivity contribution in [1.29, 1.82) is 0 Å². The summed E-state index contributed by atoms with van der Waals surface area (Å²) in [6.45, 7) is 3.06. The van der Waals surface area contributed by atoms with Gasteiger partial charge in [0.1, 0.15) is 6.61 Å². The van der Waals surface area contributed by atoms with Crippen LogP contribution in [0.4, 0.5) is 5.69 Å². The molecule has 1 heterocycles. The number of ether oxygens (including phenoxy) is 2. The maximum Gasteiger partial charge on any atom is 0.161 e. The molecular weight excluding hydrogens is 454 g/mol. The van der Waals surface area contributed by atoms with Crippen molar-refractivity contribution in [2.24, 2.45) is 5.92 Å². The number of hydrogen-bond acceptors (Lipinski definition) is 3. The SMILES string of the molecule is CCOc1cc(C2Nc3c(ccc4ccccc34)C3C=CCC32)ccc1OCc1ccc(Cl)cc1. The second-order valence-electron chi connectivity index (χ2n) is 9.28. The molecule has 3 atom stereocenters. The fourth-order valence-electron chi connectivity index (χ4n) is 5.52. The number of benzene rings is 4. The van der Waals surface area contributed by atoms with Gasteiger partial charge in [0.05, 0.1) is 12.6 Å². The number of allylic oxidation sites excluding steroid dienone is 2. The monoisotopic (exact) mass is 481 g/mol. The van der Waals surface area contributed by atoms with E-state index in [1.54, 1.807) is 0 Å². The van der Waals surface area contributed by atoms with Crippen LogP contribution in [0, 0.1) is 5.92 Å². The van der Waals surface area contributed by atoms with Gasteiger partial charge in [0.2, 0.25) is 0 Å². The van der Waals surface area contributed by atoms with Crippen molar-refractivity contribution in [2.75, 3.05) is 11.9 Å². The van der Waals surface area contributed by atoms with Gasteiger partial charge < -0.3 is 14.8 Å². The van der Waals surface area contributed by atoms with E-state index >= 15 is 0 Å². The molecule has 3 unspecified atom stereocenters. The third-order valence-corrected chi connectivity index (χ3v) is 7.45. The van der Waals surface area contributed by atoms with Crippen molar-refractivity contribution in [1.82, 2.24) is 0 Å². The summed E-state index contributed by atoms with van der Waals surface area (Å²) in [5, 5.41) is 7.20. The summed E-state index contributed by atoms with van der Waals surface area (Å²) in [6, 6.07) is 27.5. The molecule has 1 aliphatic carbocycles. The molecule has 6 rings (SSSR count). The highest BCUT2D eigenvalue weighted by Gasteiger charge is 2.38. The lowest BCUT2D eigenvalue weighted by Gasteiger charge is -2.38. The van der Waals surface area contributed by atoms with Crippen LogP contribution < -0.4 is 14.8 Å². The number of nitrogens with one attached hydrogen (secondary N) is 1. The van der Waals surface area contributed by atoms with Crippen LogP contribution in [0.25, 0.3) is 10.8 Å². The Bertz CT molecular complexity index is 1400. The van der Waals surface area contributed by atoms with E-state index in [-0.39, 0.29) is 6.04 Å². The summed E-state index contributed by atoms with van der Waals surface area (Å²) in [5.41, 5.74) is 4.94. The Balaban J connectivity index is 1.33. The number of anilines is 1. The number of rotatable bonds is 6. The Labute approximate surface area is 211 Å². The van der Waals surface area contributed by atoms with E-state index in [1.165, 1.54) is 27.6 Å². The predicted octanol–water partition coefficient (Wildman–Crippen LogP) is 8.30. The fourth-order valence-corrected chi connectivity index (χ4v) is 5.64. The van der Waals surface area contributed by atoms with Crippen molar-refractivity contribution in [3.63, 3.8) is 0 Å². The maximum atomic E-state index is 6.16. The van der Waals surface area contributed by atoms with Crippen LogP contribution in [0.2, 0.25) is 5.02 Å². The summed E-state index contributed by atoms with van der Waals surface area (Å²) in [5.74, 6) is 2.43. The Morgan fingerprint density at radius 1 is 0.914 bits per heavy atom. The Hall–Kier alpha value is -3.43. The predicted molar refractivity (Wildman–Crippen MR) is 144 cm³/mol. The molecule has 1 aliphatic heterocycles. The molecule has 0 saturated carbocycles. The first-order valence-electron chi connectivity index (χ1n) is 12.3. The zero-order valence-electron chi connectivity index (χ0n) is 19.7. The lowest BCUT2D eigenvalue weighted by Crippen LogP contribution is -2.29. The molecule has 4 aromatic carbocycles. The third kappa shape index (κ3) is 4.15. The molecule has 0 spiro atoms. The molecule has 0 bridgehead atoms. The zero-order chi connectivity index (χ0) is 23.8. The van der Waals surface area contributed by atoms with Crippen molar-refractivity contribution >= 4 is 28.1 Å². The molecule has 0 saturated heterocycles. The van der Waals surface area contributed by atoms with Crippen molar-refractivity contribution in [2.45, 2.75) is 31.9 Å². The molecule has 176 valence electrons. The molecule has 0 aromatic heterocycles. The maximum absolute atomic E-state index is 6.16. The minimum atomic E-state index is 0.192. The van der Waals surface area contributed by atoms with E-state index < -0.39 is 0 Å². The minimum Gasteiger partial charge on any atom is -0.490 e. The van der Waals surface area contributed by atoms with Crippen molar-refractivity contribution in [3.8, 4) is 11.5 Å². The normalized spacial score (nSPS) is 20.2. The second-order valence-corrected chi connectivity index (χ2v) is 9.72. The zero-order valence-corrected chi connectivity index (χ0v) is 20.5. The summed E-state index contributed by atoms with van der Waals surface area (Å²) < 4.78 is 12.2. The van der Waals surface area contributed by atoms with Gasteiger partial charge in [-0.3, -0.25) is 0 Å². The van der Waals surface area contributed by atoms with Gasteiger partial charge in [-0.2, -0.15) is 0 Å². The summed E-state index contributed by atoms with van der Waals surface area (Å²) >= 11 is 6.02. The molecule has 0 amide bonds. The first-order valence-corrected chi connectivity index (χ1v) is 12.7. The van der Waals surface area contributed by atoms with E-state index in [2.05, 4.69) is 66.0 Å². The highest BCUT2D eigenvalue weighted by molar-refractivity contribution is 6.30. The Kier molecular flexibility index (Phi) is 5.87. The van der Waals surface area contributed by atoms with Gasteiger partial charge in [-0.25, -0.2) is 0 Å². The van der Waals surface area contributed by atoms with E-state index in [0.717, 1.165) is 28.5 Å². The fraction of sp³-hybridized carbons (Fsp3) is 0.226. The summed E-state index contributed by atoms with van der Waals surface area (Å²) in [4.78, 5) is 0. The van der Waals surface area contributed by atoms with E-state index in [4.69, 9.17) is 21.1 Å². The lowest BCUT2D eigenvalue weighted by atomic mass is 9.76. The van der Waals surface area contributed by atoms with Gasteiger partial charge in [-0.15, -0.1) is 0 Å². The number of hydrogen-bond donors (Lipinski definition) is 1. The Morgan fingerprint density at radius 2 is 1.77 bits per heavy atom. The van der Waals surface area contributed by atoms with Crippen LogP contribution in [-0.4, -0.2) is 6.61 Å². The molecule has 0 radical (unpaired) electrons. The molecule has 4 aromatic rings. The van der Waals surface area contributed by atoms with E-state index in [1.807, 2.05) is 37.3 Å². The van der Waals surface area contributed by atoms with Crippen LogP contribution in [0.5, 0.6) is 11.5 Å². The van der Waals surface area contributed by atoms with Crippen LogP contribution in [-0.2, 0) is 6.61 Å². The third-order valence-electron chi connectivity index (χ3n) is 7.20. The van der Waals surface area contributed by atoms with Gasteiger partial charge in [-0.1, -0.05) is 78.4 Å². The van der Waals surface area contributed by atoms with Crippen LogP contribution in [0.3, 0.4) is 0 Å². The standard InChI is InChI=1S/C31H28ClNO2/c1-2-34-29-18-22(13-17-28(29)35-19-20-10-14-23(32)15-11-20)30-26-9-5-8-25(26)27-16-12-21-6-3-4-7-24(21)31(27)33-30/h3-8,10-18,25-26,30,33H,2,9,19H2,1H3. The molecule has 1 N–H and O–H groups in total. The molecular formula is C31H28ClNO2. The average Bonchev–Trinajstić information content (AvgIpc) is 3.39. The highest BCUT2D eigenvalue weighted by Crippen LogP contribution is 2.52. The smallest absolute Gasteiger partial charge is 0.161 e. The van der Waals surface area contributed by atoms with Crippen LogP contribution in [0.15, 0.2) is 91.0 Å². The summed E-state index contributed by atoms with van der Waals surface area (Å²) in [7, 11) is 0. The van der Waals surface area contributed by atoms with Gasteiger partial charge >= 0.3 is 0 Å². The van der Waals surface area contributed by atoms with Crippen molar-refractivity contribution in [3.05, 3.63) is 113 Å². The first-order chi connectivity index (χ1) is 17.2. The molecule has 0 fully saturated rings. The molecule has 4 heteroatoms. The highest BCUT2D eigenvalue weighted by atomic mass is 35.5. The minimum absolute atomic E-state index is 0.192. The molecule has 3 nitrogen and oxygen atoms in total. The van der Waals surface area contributed by atoms with Gasteiger partial charge in [-0.05, 0) is 65.6 Å². The number of fused-ring (bicyclic) bond motifs is 5. The largest absolute Gasteiger partial charge is 0.490 e. The van der Waals surface area contributed by atoms with E-state index in [0.29, 0.717) is 25.0 Å². The van der Waals surface area contributed by atoms with Crippen LogP contribution in [0.1, 0.15) is 42.0 Å². The second kappa shape index (κ2) is 9.31. The van der Waals surface area contributed by atoms with Crippen molar-refractivity contribution < 1.29 is 9.47 Å². The van der Waals surface area contributed by atoms with Crippen LogP contribution >= 0.6 is 11.6 Å². The van der Waals surface area contributed by atoms with Gasteiger partial charge in [0.25, 0.3) is 0 Å². The average molecular weight is 482 g/mol.